The predicted octanol–water partition coefficient (Wildman–Crippen LogP) is 4.53. The van der Waals surface area contributed by atoms with E-state index >= 15 is 0 Å². The lowest BCUT2D eigenvalue weighted by molar-refractivity contribution is -0.143. The summed E-state index contributed by atoms with van der Waals surface area (Å²) in [6, 6.07) is 6.69. The lowest BCUT2D eigenvalue weighted by atomic mass is 10.1. The smallest absolute Gasteiger partial charge is 0.322 e. The number of aromatic amines is 1. The van der Waals surface area contributed by atoms with Crippen molar-refractivity contribution in [1.29, 1.82) is 0 Å². The Labute approximate surface area is 185 Å². The van der Waals surface area contributed by atoms with Gasteiger partial charge < -0.3 is 10.3 Å². The third kappa shape index (κ3) is 5.45. The molecule has 6 nitrogen and oxygen atoms in total. The maximum atomic E-state index is 13.0. The van der Waals surface area contributed by atoms with E-state index in [1.807, 2.05) is 5.32 Å². The summed E-state index contributed by atoms with van der Waals surface area (Å²) < 4.78 is 78.7. The molecule has 0 aliphatic carbocycles. The SMILES string of the molecule is O=C(Nc1cc(C(F)(F)F)cc(C(F)(F)F)c1)c1c[nH]c(=O)n(Cc2ccccc2Cl)c1=O. The molecule has 0 bridgehead atoms. The minimum atomic E-state index is -5.12. The Balaban J connectivity index is 2.00. The van der Waals surface area contributed by atoms with Gasteiger partial charge in [-0.05, 0) is 29.8 Å². The van der Waals surface area contributed by atoms with Crippen LogP contribution >= 0.6 is 11.6 Å². The maximum Gasteiger partial charge on any atom is 0.416 e. The largest absolute Gasteiger partial charge is 0.416 e. The van der Waals surface area contributed by atoms with Crippen molar-refractivity contribution in [3.63, 3.8) is 0 Å². The molecule has 0 saturated carbocycles. The van der Waals surface area contributed by atoms with Crippen LogP contribution in [-0.2, 0) is 18.9 Å². The number of H-pyrrole nitrogens is 1. The normalized spacial score (nSPS) is 12.0. The number of rotatable bonds is 4. The van der Waals surface area contributed by atoms with E-state index in [9.17, 15) is 40.7 Å². The van der Waals surface area contributed by atoms with Gasteiger partial charge in [0.2, 0.25) is 0 Å². The summed E-state index contributed by atoms with van der Waals surface area (Å²) in [6.45, 7) is -0.337. The molecule has 1 amide bonds. The fraction of sp³-hybridized carbons (Fsp3) is 0.150. The summed E-state index contributed by atoms with van der Waals surface area (Å²) in [5.41, 5.74) is -6.53. The average molecular weight is 492 g/mol. The number of carbonyl (C=O) groups is 1. The van der Waals surface area contributed by atoms with Crippen LogP contribution in [0.1, 0.15) is 27.0 Å². The number of alkyl halides is 6. The van der Waals surface area contributed by atoms with Crippen LogP contribution in [0.4, 0.5) is 32.0 Å². The van der Waals surface area contributed by atoms with Gasteiger partial charge in [-0.3, -0.25) is 14.2 Å². The van der Waals surface area contributed by atoms with Gasteiger partial charge in [-0.1, -0.05) is 29.8 Å². The molecular weight excluding hydrogens is 480 g/mol. The number of anilines is 1. The van der Waals surface area contributed by atoms with Crippen LogP contribution < -0.4 is 16.6 Å². The van der Waals surface area contributed by atoms with Crippen molar-refractivity contribution in [1.82, 2.24) is 9.55 Å². The van der Waals surface area contributed by atoms with Crippen LogP contribution in [-0.4, -0.2) is 15.5 Å². The molecule has 174 valence electrons. The molecule has 1 aromatic heterocycles. The first-order valence-corrected chi connectivity index (χ1v) is 9.32. The summed E-state index contributed by atoms with van der Waals surface area (Å²) >= 11 is 6.00. The monoisotopic (exact) mass is 491 g/mol. The lowest BCUT2D eigenvalue weighted by Crippen LogP contribution is -2.39. The van der Waals surface area contributed by atoms with Gasteiger partial charge in [0.25, 0.3) is 11.5 Å². The Morgan fingerprint density at radius 3 is 2.09 bits per heavy atom. The number of amides is 1. The molecule has 0 fully saturated rings. The highest BCUT2D eigenvalue weighted by atomic mass is 35.5. The van der Waals surface area contributed by atoms with E-state index in [1.54, 1.807) is 12.1 Å². The highest BCUT2D eigenvalue weighted by Gasteiger charge is 2.37. The predicted molar refractivity (Wildman–Crippen MR) is 106 cm³/mol. The Kier molecular flexibility index (Phi) is 6.41. The van der Waals surface area contributed by atoms with Gasteiger partial charge in [0.1, 0.15) is 5.56 Å². The summed E-state index contributed by atoms with van der Waals surface area (Å²) in [5, 5.41) is 2.07. The third-order valence-corrected chi connectivity index (χ3v) is 4.81. The standard InChI is InChI=1S/C20H12ClF6N3O3/c21-15-4-2-1-3-10(15)9-30-17(32)14(8-28-18(30)33)16(31)29-13-6-11(19(22,23)24)5-12(7-13)20(25,26)27/h1-8H,9H2,(H,28,33)(H,29,31). The molecule has 3 rings (SSSR count). The molecule has 0 atom stereocenters. The quantitative estimate of drug-likeness (QED) is 0.526. The molecule has 2 N–H and O–H groups in total. The lowest BCUT2D eigenvalue weighted by Gasteiger charge is -2.15. The van der Waals surface area contributed by atoms with Gasteiger partial charge in [-0.2, -0.15) is 26.3 Å². The van der Waals surface area contributed by atoms with Crippen LogP contribution in [0.25, 0.3) is 0 Å². The zero-order valence-electron chi connectivity index (χ0n) is 16.1. The Bertz CT molecular complexity index is 1300. The van der Waals surface area contributed by atoms with E-state index in [4.69, 9.17) is 11.6 Å². The number of hydrogen-bond donors (Lipinski definition) is 2. The fourth-order valence-corrected chi connectivity index (χ4v) is 3.04. The zero-order valence-corrected chi connectivity index (χ0v) is 16.9. The van der Waals surface area contributed by atoms with Crippen LogP contribution in [0.3, 0.4) is 0 Å². The number of nitrogens with one attached hydrogen (secondary N) is 2. The minimum Gasteiger partial charge on any atom is -0.322 e. The maximum absolute atomic E-state index is 13.0. The number of aromatic nitrogens is 2. The van der Waals surface area contributed by atoms with Gasteiger partial charge in [-0.15, -0.1) is 0 Å². The second-order valence-corrected chi connectivity index (χ2v) is 7.15. The van der Waals surface area contributed by atoms with Crippen molar-refractivity contribution < 1.29 is 31.1 Å². The first-order chi connectivity index (χ1) is 15.3. The highest BCUT2D eigenvalue weighted by molar-refractivity contribution is 6.31. The van der Waals surface area contributed by atoms with E-state index in [-0.39, 0.29) is 17.6 Å². The van der Waals surface area contributed by atoms with Crippen molar-refractivity contribution in [2.45, 2.75) is 18.9 Å². The molecule has 2 aromatic carbocycles. The van der Waals surface area contributed by atoms with Crippen molar-refractivity contribution in [2.24, 2.45) is 0 Å². The van der Waals surface area contributed by atoms with E-state index in [0.29, 0.717) is 28.5 Å². The van der Waals surface area contributed by atoms with Gasteiger partial charge >= 0.3 is 18.0 Å². The topological polar surface area (TPSA) is 84.0 Å². The van der Waals surface area contributed by atoms with Gasteiger partial charge in [-0.25, -0.2) is 4.79 Å². The molecular formula is C20H12ClF6N3O3. The van der Waals surface area contributed by atoms with E-state index < -0.39 is 51.9 Å². The summed E-state index contributed by atoms with van der Waals surface area (Å²) in [7, 11) is 0. The second-order valence-electron chi connectivity index (χ2n) is 6.74. The molecule has 0 saturated heterocycles. The Morgan fingerprint density at radius 1 is 0.970 bits per heavy atom. The van der Waals surface area contributed by atoms with E-state index in [2.05, 4.69) is 4.98 Å². The van der Waals surface area contributed by atoms with Crippen molar-refractivity contribution in [2.75, 3.05) is 5.32 Å². The van der Waals surface area contributed by atoms with Crippen LogP contribution in [0, 0.1) is 0 Å². The molecule has 13 heteroatoms. The Hall–Kier alpha value is -3.54. The molecule has 0 radical (unpaired) electrons. The molecule has 0 aliphatic rings. The first-order valence-electron chi connectivity index (χ1n) is 8.94. The molecule has 0 unspecified atom stereocenters. The molecule has 3 aromatic rings. The van der Waals surface area contributed by atoms with Gasteiger partial charge in [0, 0.05) is 16.9 Å². The first kappa shape index (κ1) is 24.1. The van der Waals surface area contributed by atoms with E-state index in [1.165, 1.54) is 12.1 Å². The minimum absolute atomic E-state index is 0.105. The number of benzene rings is 2. The molecule has 0 aliphatic heterocycles. The summed E-state index contributed by atoms with van der Waals surface area (Å²) in [4.78, 5) is 39.4. The molecule has 0 spiro atoms. The van der Waals surface area contributed by atoms with Crippen molar-refractivity contribution in [3.8, 4) is 0 Å². The van der Waals surface area contributed by atoms with Crippen LogP contribution in [0.2, 0.25) is 5.02 Å². The third-order valence-electron chi connectivity index (χ3n) is 4.44. The summed E-state index contributed by atoms with van der Waals surface area (Å²) in [6.07, 6.45) is -9.54. The highest BCUT2D eigenvalue weighted by Crippen LogP contribution is 2.37. The number of carbonyl (C=O) groups excluding carboxylic acids is 1. The average Bonchev–Trinajstić information content (AvgIpc) is 2.70. The molecule has 33 heavy (non-hydrogen) atoms. The van der Waals surface area contributed by atoms with Crippen molar-refractivity contribution in [3.05, 3.63) is 96.8 Å². The fourth-order valence-electron chi connectivity index (χ4n) is 2.84. The number of nitrogens with zero attached hydrogens (tertiary/aromatic N) is 1. The number of halogens is 7. The zero-order chi connectivity index (χ0) is 24.6. The second kappa shape index (κ2) is 8.77. The van der Waals surface area contributed by atoms with Crippen molar-refractivity contribution >= 4 is 23.2 Å². The van der Waals surface area contributed by atoms with Gasteiger partial charge in [0.15, 0.2) is 0 Å². The molecule has 1 heterocycles. The van der Waals surface area contributed by atoms with Crippen LogP contribution in [0.5, 0.6) is 0 Å². The van der Waals surface area contributed by atoms with E-state index in [0.717, 1.165) is 0 Å². The summed E-state index contributed by atoms with van der Waals surface area (Å²) in [5.74, 6) is -1.32. The van der Waals surface area contributed by atoms with Gasteiger partial charge in [0.05, 0.1) is 17.7 Å². The number of hydrogen-bond acceptors (Lipinski definition) is 3. The van der Waals surface area contributed by atoms with Crippen LogP contribution in [0.15, 0.2) is 58.3 Å². The Morgan fingerprint density at radius 2 is 1.55 bits per heavy atom.